The zero-order valence-corrected chi connectivity index (χ0v) is 12.3. The zero-order valence-electron chi connectivity index (χ0n) is 9.67. The number of hydrogen-bond acceptors (Lipinski definition) is 3. The molecule has 0 aliphatic carbocycles. The van der Waals surface area contributed by atoms with Gasteiger partial charge in [0.15, 0.2) is 0 Å². The van der Waals surface area contributed by atoms with Gasteiger partial charge < -0.3 is 13.3 Å². The first-order valence-electron chi connectivity index (χ1n) is 5.09. The highest BCUT2D eigenvalue weighted by atomic mass is 79.9. The fourth-order valence-electron chi connectivity index (χ4n) is 0.813. The van der Waals surface area contributed by atoms with Crippen LogP contribution in [-0.4, -0.2) is 26.7 Å². The molecule has 0 rings (SSSR count). The van der Waals surface area contributed by atoms with Gasteiger partial charge in [-0.25, -0.2) is 0 Å². The third-order valence-electron chi connectivity index (χ3n) is 1.90. The number of rotatable bonds is 7. The van der Waals surface area contributed by atoms with Crippen LogP contribution in [-0.2, 0) is 13.3 Å². The van der Waals surface area contributed by atoms with E-state index < -0.39 is 7.42 Å². The van der Waals surface area contributed by atoms with Crippen LogP contribution < -0.4 is 0 Å². The average Bonchev–Trinajstić information content (AvgIpc) is 2.04. The maximum absolute atomic E-state index is 5.79. The maximum Gasteiger partial charge on any atom is 0.580 e. The molecular weight excluding hydrogens is 264 g/mol. The molecule has 0 fully saturated rings. The third kappa shape index (κ3) is 5.46. The van der Waals surface area contributed by atoms with E-state index in [2.05, 4.69) is 29.1 Å². The average molecular weight is 285 g/mol. The van der Waals surface area contributed by atoms with Gasteiger partial charge in [-0.1, -0.05) is 13.8 Å². The van der Waals surface area contributed by atoms with Crippen LogP contribution >= 0.6 is 15.3 Å². The molecular formula is C9H21BrO3Si. The van der Waals surface area contributed by atoms with Crippen LogP contribution in [0.2, 0.25) is 0 Å². The Morgan fingerprint density at radius 1 is 1.07 bits per heavy atom. The van der Waals surface area contributed by atoms with Gasteiger partial charge in [0.25, 0.3) is 0 Å². The lowest BCUT2D eigenvalue weighted by molar-refractivity contribution is 0.0450. The fraction of sp³-hybridized carbons (Fsp3) is 1.00. The Bertz CT molecular complexity index is 149. The van der Waals surface area contributed by atoms with E-state index in [1.807, 2.05) is 20.8 Å². The van der Waals surface area contributed by atoms with Gasteiger partial charge >= 0.3 is 7.42 Å². The monoisotopic (exact) mass is 284 g/mol. The van der Waals surface area contributed by atoms with Crippen molar-refractivity contribution in [3.63, 3.8) is 0 Å². The van der Waals surface area contributed by atoms with Crippen LogP contribution in [0.15, 0.2) is 0 Å². The third-order valence-corrected chi connectivity index (χ3v) is 5.75. The van der Waals surface area contributed by atoms with Gasteiger partial charge in [-0.2, -0.15) is 0 Å². The molecule has 0 aromatic heterocycles. The highest BCUT2D eigenvalue weighted by molar-refractivity contribution is 9.25. The lowest BCUT2D eigenvalue weighted by atomic mass is 10.1. The lowest BCUT2D eigenvalue weighted by Gasteiger charge is -2.28. The Morgan fingerprint density at radius 2 is 1.50 bits per heavy atom. The van der Waals surface area contributed by atoms with Crippen LogP contribution in [0.5, 0.6) is 0 Å². The summed E-state index contributed by atoms with van der Waals surface area (Å²) in [5.74, 6) is 0.459. The minimum absolute atomic E-state index is 0.138. The minimum Gasteiger partial charge on any atom is -0.365 e. The maximum atomic E-state index is 5.79. The highest BCUT2D eigenvalue weighted by Crippen LogP contribution is 2.22. The molecule has 3 nitrogen and oxygen atoms in total. The standard InChI is InChI=1S/C9H21BrO3Si/c1-6-11-14(10,12-7-2)13-9(5)8(3)4/h8-9H,6-7H2,1-5H3. The number of hydrogen-bond donors (Lipinski definition) is 0. The van der Waals surface area contributed by atoms with Crippen molar-refractivity contribution in [1.82, 2.24) is 0 Å². The van der Waals surface area contributed by atoms with E-state index in [9.17, 15) is 0 Å². The van der Waals surface area contributed by atoms with E-state index in [1.54, 1.807) is 0 Å². The van der Waals surface area contributed by atoms with Gasteiger partial charge in [0.1, 0.15) is 0 Å². The summed E-state index contributed by atoms with van der Waals surface area (Å²) in [6.07, 6.45) is 0.138. The largest absolute Gasteiger partial charge is 0.580 e. The van der Waals surface area contributed by atoms with E-state index in [4.69, 9.17) is 13.3 Å². The Balaban J connectivity index is 4.20. The molecule has 0 N–H and O–H groups in total. The minimum atomic E-state index is -2.56. The summed E-state index contributed by atoms with van der Waals surface area (Å²) >= 11 is 3.45. The number of halogens is 1. The van der Waals surface area contributed by atoms with E-state index in [-0.39, 0.29) is 6.10 Å². The van der Waals surface area contributed by atoms with Crippen LogP contribution in [0.25, 0.3) is 0 Å². The van der Waals surface area contributed by atoms with Gasteiger partial charge in [0.2, 0.25) is 0 Å². The summed E-state index contributed by atoms with van der Waals surface area (Å²) in [6.45, 7) is 11.3. The molecule has 0 bridgehead atoms. The summed E-state index contributed by atoms with van der Waals surface area (Å²) in [4.78, 5) is 0. The van der Waals surface area contributed by atoms with Crippen LogP contribution in [0.1, 0.15) is 34.6 Å². The molecule has 14 heavy (non-hydrogen) atoms. The molecule has 5 heteroatoms. The van der Waals surface area contributed by atoms with Gasteiger partial charge in [-0.15, -0.1) is 0 Å². The molecule has 0 spiro atoms. The highest BCUT2D eigenvalue weighted by Gasteiger charge is 2.40. The van der Waals surface area contributed by atoms with Crippen molar-refractivity contribution < 1.29 is 13.3 Å². The summed E-state index contributed by atoms with van der Waals surface area (Å²) in [5.41, 5.74) is 0. The smallest absolute Gasteiger partial charge is 0.365 e. The first kappa shape index (κ1) is 14.6. The molecule has 0 aliphatic rings. The Labute approximate surface area is 96.1 Å². The van der Waals surface area contributed by atoms with Gasteiger partial charge in [0, 0.05) is 19.3 Å². The van der Waals surface area contributed by atoms with E-state index in [0.29, 0.717) is 19.1 Å². The van der Waals surface area contributed by atoms with Gasteiger partial charge in [0.05, 0.1) is 0 Å². The molecule has 1 unspecified atom stereocenters. The van der Waals surface area contributed by atoms with Gasteiger partial charge in [-0.05, 0) is 42.0 Å². The van der Waals surface area contributed by atoms with Crippen molar-refractivity contribution in [3.8, 4) is 0 Å². The summed E-state index contributed by atoms with van der Waals surface area (Å²) < 4.78 is 16.8. The molecule has 0 saturated carbocycles. The molecule has 0 heterocycles. The predicted octanol–water partition coefficient (Wildman–Crippen LogP) is 2.95. The Morgan fingerprint density at radius 3 is 1.79 bits per heavy atom. The molecule has 0 aliphatic heterocycles. The SMILES string of the molecule is CCO[Si](Br)(OCC)OC(C)C(C)C. The normalized spacial score (nSPS) is 14.8. The molecule has 1 atom stereocenters. The first-order valence-corrected chi connectivity index (χ1v) is 9.08. The molecule has 0 saturated heterocycles. The van der Waals surface area contributed by atoms with Crippen molar-refractivity contribution in [2.75, 3.05) is 13.2 Å². The van der Waals surface area contributed by atoms with E-state index in [1.165, 1.54) is 0 Å². The van der Waals surface area contributed by atoms with Crippen LogP contribution in [0.3, 0.4) is 0 Å². The first-order chi connectivity index (χ1) is 6.45. The van der Waals surface area contributed by atoms with Crippen molar-refractivity contribution in [3.05, 3.63) is 0 Å². The van der Waals surface area contributed by atoms with E-state index >= 15 is 0 Å². The van der Waals surface area contributed by atoms with Crippen molar-refractivity contribution >= 4 is 22.7 Å². The zero-order chi connectivity index (χ0) is 11.2. The molecule has 0 aromatic carbocycles. The fourth-order valence-corrected chi connectivity index (χ4v) is 4.70. The topological polar surface area (TPSA) is 27.7 Å². The quantitative estimate of drug-likeness (QED) is 0.531. The molecule has 0 aromatic rings. The molecule has 0 radical (unpaired) electrons. The molecule has 86 valence electrons. The lowest BCUT2D eigenvalue weighted by Crippen LogP contribution is -2.43. The summed E-state index contributed by atoms with van der Waals surface area (Å²) in [6, 6.07) is 0. The Kier molecular flexibility index (Phi) is 7.24. The van der Waals surface area contributed by atoms with Crippen molar-refractivity contribution in [2.24, 2.45) is 5.92 Å². The van der Waals surface area contributed by atoms with E-state index in [0.717, 1.165) is 0 Å². The summed E-state index contributed by atoms with van der Waals surface area (Å²) in [5, 5.41) is 0. The van der Waals surface area contributed by atoms with Crippen molar-refractivity contribution in [2.45, 2.75) is 40.7 Å². The second-order valence-corrected chi connectivity index (χ2v) is 8.10. The van der Waals surface area contributed by atoms with Crippen LogP contribution in [0, 0.1) is 5.92 Å². The second-order valence-electron chi connectivity index (χ2n) is 3.41. The predicted molar refractivity (Wildman–Crippen MR) is 63.3 cm³/mol. The molecule has 0 amide bonds. The van der Waals surface area contributed by atoms with Crippen molar-refractivity contribution in [1.29, 1.82) is 0 Å². The summed E-state index contributed by atoms with van der Waals surface area (Å²) in [7, 11) is -2.56. The van der Waals surface area contributed by atoms with Crippen LogP contribution in [0.4, 0.5) is 0 Å². The Hall–Kier alpha value is 0.577. The second kappa shape index (κ2) is 6.95. The van der Waals surface area contributed by atoms with Gasteiger partial charge in [-0.3, -0.25) is 0 Å².